The molecular formula is C17H23ClFNO3. The largest absolute Gasteiger partial charge is 0.383 e. The number of hydrogen-bond donors (Lipinski definition) is 0. The summed E-state index contributed by atoms with van der Waals surface area (Å²) in [5.74, 6) is -0.735. The van der Waals surface area contributed by atoms with Crippen LogP contribution in [0.2, 0.25) is 5.02 Å². The van der Waals surface area contributed by atoms with Crippen LogP contribution in [0.25, 0.3) is 0 Å². The summed E-state index contributed by atoms with van der Waals surface area (Å²) in [4.78, 5) is 14.5. The van der Waals surface area contributed by atoms with E-state index < -0.39 is 5.82 Å². The zero-order valence-electron chi connectivity index (χ0n) is 13.6. The molecule has 1 aromatic rings. The number of nitrogens with zero attached hydrogens (tertiary/aromatic N) is 1. The predicted octanol–water partition coefficient (Wildman–Crippen LogP) is 3.38. The highest BCUT2D eigenvalue weighted by atomic mass is 35.5. The number of amides is 1. The maximum absolute atomic E-state index is 13.5. The Kier molecular flexibility index (Phi) is 6.39. The fourth-order valence-corrected chi connectivity index (χ4v) is 2.97. The van der Waals surface area contributed by atoms with Crippen molar-refractivity contribution < 1.29 is 18.7 Å². The number of methoxy groups -OCH3 is 1. The van der Waals surface area contributed by atoms with Crippen molar-refractivity contribution in [2.24, 2.45) is 5.41 Å². The van der Waals surface area contributed by atoms with E-state index in [4.69, 9.17) is 21.1 Å². The van der Waals surface area contributed by atoms with Crippen LogP contribution >= 0.6 is 11.6 Å². The first kappa shape index (κ1) is 18.2. The number of hydrogen-bond acceptors (Lipinski definition) is 3. The van der Waals surface area contributed by atoms with Crippen LogP contribution in [0.4, 0.5) is 4.39 Å². The molecular weight excluding hydrogens is 321 g/mol. The molecule has 1 amide bonds. The van der Waals surface area contributed by atoms with E-state index in [-0.39, 0.29) is 21.9 Å². The van der Waals surface area contributed by atoms with Crippen LogP contribution in [0, 0.1) is 11.2 Å². The normalized spacial score (nSPS) is 17.0. The van der Waals surface area contributed by atoms with Crippen molar-refractivity contribution in [3.05, 3.63) is 34.6 Å². The fourth-order valence-electron chi connectivity index (χ4n) is 2.77. The van der Waals surface area contributed by atoms with Crippen molar-refractivity contribution in [2.45, 2.75) is 19.8 Å². The molecule has 0 spiro atoms. The number of halogens is 2. The third-order valence-electron chi connectivity index (χ3n) is 4.28. The molecule has 0 bridgehead atoms. The second kappa shape index (κ2) is 8.08. The molecule has 2 rings (SSSR count). The van der Waals surface area contributed by atoms with Crippen molar-refractivity contribution in [3.8, 4) is 0 Å². The first-order valence-corrected chi connectivity index (χ1v) is 8.14. The molecule has 0 radical (unpaired) electrons. The highest BCUT2D eigenvalue weighted by Gasteiger charge is 2.32. The zero-order valence-corrected chi connectivity index (χ0v) is 14.4. The molecule has 1 aromatic carbocycles. The van der Waals surface area contributed by atoms with Gasteiger partial charge in [0.2, 0.25) is 0 Å². The van der Waals surface area contributed by atoms with Gasteiger partial charge < -0.3 is 14.4 Å². The molecule has 4 nitrogen and oxygen atoms in total. The third kappa shape index (κ3) is 4.90. The summed E-state index contributed by atoms with van der Waals surface area (Å²) >= 11 is 6.08. The molecule has 0 unspecified atom stereocenters. The minimum Gasteiger partial charge on any atom is -0.383 e. The summed E-state index contributed by atoms with van der Waals surface area (Å²) in [5, 5.41) is 0.260. The van der Waals surface area contributed by atoms with Gasteiger partial charge in [-0.1, -0.05) is 18.5 Å². The minimum absolute atomic E-state index is 0.0124. The molecule has 128 valence electrons. The van der Waals surface area contributed by atoms with Crippen LogP contribution in [0.5, 0.6) is 0 Å². The van der Waals surface area contributed by atoms with E-state index in [9.17, 15) is 9.18 Å². The smallest absolute Gasteiger partial charge is 0.255 e. The molecule has 1 fully saturated rings. The second-order valence-corrected chi connectivity index (χ2v) is 6.67. The van der Waals surface area contributed by atoms with Gasteiger partial charge in [0.25, 0.3) is 5.91 Å². The third-order valence-corrected chi connectivity index (χ3v) is 4.61. The number of carbonyl (C=O) groups excluding carboxylic acids is 1. The maximum Gasteiger partial charge on any atom is 0.255 e. The Labute approximate surface area is 141 Å². The van der Waals surface area contributed by atoms with Crippen molar-refractivity contribution >= 4 is 17.5 Å². The summed E-state index contributed by atoms with van der Waals surface area (Å²) in [6, 6.07) is 3.85. The summed E-state index contributed by atoms with van der Waals surface area (Å²) in [6.45, 7) is 4.98. The summed E-state index contributed by atoms with van der Waals surface area (Å²) in [5.41, 5.74) is 0.181. The molecule has 0 aliphatic carbocycles. The van der Waals surface area contributed by atoms with Gasteiger partial charge in [-0.25, -0.2) is 4.39 Å². The summed E-state index contributed by atoms with van der Waals surface area (Å²) in [6.07, 6.45) is 1.78. The number of carbonyl (C=O) groups is 1. The van der Waals surface area contributed by atoms with Gasteiger partial charge in [0, 0.05) is 33.4 Å². The SMILES string of the molecule is COCCN(CC1(C)CCOCC1)C(=O)c1cc(F)ccc1Cl. The molecule has 0 N–H and O–H groups in total. The standard InChI is InChI=1S/C17H23ClFNO3/c1-17(5-8-23-9-6-17)12-20(7-10-22-2)16(21)14-11-13(19)3-4-15(14)18/h3-4,11H,5-10,12H2,1-2H3. The summed E-state index contributed by atoms with van der Waals surface area (Å²) in [7, 11) is 1.59. The quantitative estimate of drug-likeness (QED) is 0.794. The van der Waals surface area contributed by atoms with E-state index in [2.05, 4.69) is 6.92 Å². The Balaban J connectivity index is 2.19. The van der Waals surface area contributed by atoms with Gasteiger partial charge in [0.1, 0.15) is 5.82 Å². The van der Waals surface area contributed by atoms with Crippen LogP contribution in [0.1, 0.15) is 30.1 Å². The first-order chi connectivity index (χ1) is 10.9. The summed E-state index contributed by atoms with van der Waals surface area (Å²) < 4.78 is 24.0. The molecule has 1 aliphatic heterocycles. The monoisotopic (exact) mass is 343 g/mol. The average Bonchev–Trinajstić information content (AvgIpc) is 2.53. The molecule has 1 saturated heterocycles. The molecule has 1 aliphatic rings. The van der Waals surface area contributed by atoms with E-state index in [0.717, 1.165) is 12.8 Å². The van der Waals surface area contributed by atoms with Gasteiger partial charge in [0.05, 0.1) is 17.2 Å². The van der Waals surface area contributed by atoms with Gasteiger partial charge in [-0.05, 0) is 36.5 Å². The van der Waals surface area contributed by atoms with E-state index in [0.29, 0.717) is 32.9 Å². The highest BCUT2D eigenvalue weighted by molar-refractivity contribution is 6.33. The average molecular weight is 344 g/mol. The molecule has 1 heterocycles. The van der Waals surface area contributed by atoms with Gasteiger partial charge in [-0.15, -0.1) is 0 Å². The molecule has 23 heavy (non-hydrogen) atoms. The molecule has 6 heteroatoms. The lowest BCUT2D eigenvalue weighted by Gasteiger charge is -2.38. The van der Waals surface area contributed by atoms with Crippen LogP contribution in [0.15, 0.2) is 18.2 Å². The van der Waals surface area contributed by atoms with Crippen LogP contribution in [-0.2, 0) is 9.47 Å². The van der Waals surface area contributed by atoms with Crippen molar-refractivity contribution in [3.63, 3.8) is 0 Å². The minimum atomic E-state index is -0.471. The highest BCUT2D eigenvalue weighted by Crippen LogP contribution is 2.31. The Morgan fingerprint density at radius 1 is 1.43 bits per heavy atom. The van der Waals surface area contributed by atoms with Gasteiger partial charge >= 0.3 is 0 Å². The Hall–Kier alpha value is -1.17. The Morgan fingerprint density at radius 3 is 2.78 bits per heavy atom. The zero-order chi connectivity index (χ0) is 16.9. The van der Waals surface area contributed by atoms with Crippen molar-refractivity contribution in [2.75, 3.05) is 40.0 Å². The lowest BCUT2D eigenvalue weighted by Crippen LogP contribution is -2.44. The van der Waals surface area contributed by atoms with E-state index in [1.807, 2.05) is 0 Å². The van der Waals surface area contributed by atoms with Crippen molar-refractivity contribution in [1.29, 1.82) is 0 Å². The van der Waals surface area contributed by atoms with Gasteiger partial charge in [-0.2, -0.15) is 0 Å². The van der Waals surface area contributed by atoms with Crippen LogP contribution in [0.3, 0.4) is 0 Å². The Morgan fingerprint density at radius 2 is 2.13 bits per heavy atom. The first-order valence-electron chi connectivity index (χ1n) is 7.76. The van der Waals surface area contributed by atoms with Gasteiger partial charge in [-0.3, -0.25) is 4.79 Å². The number of rotatable bonds is 6. The van der Waals surface area contributed by atoms with E-state index in [1.165, 1.54) is 18.2 Å². The van der Waals surface area contributed by atoms with Gasteiger partial charge in [0.15, 0.2) is 0 Å². The van der Waals surface area contributed by atoms with Crippen LogP contribution < -0.4 is 0 Å². The van der Waals surface area contributed by atoms with Crippen LogP contribution in [-0.4, -0.2) is 50.8 Å². The lowest BCUT2D eigenvalue weighted by molar-refractivity contribution is 0.00273. The van der Waals surface area contributed by atoms with E-state index >= 15 is 0 Å². The fraction of sp³-hybridized carbons (Fsp3) is 0.588. The molecule has 0 atom stereocenters. The second-order valence-electron chi connectivity index (χ2n) is 6.27. The lowest BCUT2D eigenvalue weighted by atomic mass is 9.82. The maximum atomic E-state index is 13.5. The van der Waals surface area contributed by atoms with Crippen molar-refractivity contribution in [1.82, 2.24) is 4.90 Å². The number of ether oxygens (including phenoxy) is 2. The van der Waals surface area contributed by atoms with E-state index in [1.54, 1.807) is 12.0 Å². The molecule has 0 aromatic heterocycles. The number of benzene rings is 1. The topological polar surface area (TPSA) is 38.8 Å². The Bertz CT molecular complexity index is 547. The molecule has 0 saturated carbocycles. The predicted molar refractivity (Wildman–Crippen MR) is 87.3 cm³/mol.